The van der Waals surface area contributed by atoms with E-state index in [0.29, 0.717) is 21.0 Å². The summed E-state index contributed by atoms with van der Waals surface area (Å²) < 4.78 is 0.454. The van der Waals surface area contributed by atoms with Crippen molar-refractivity contribution in [2.75, 3.05) is 5.32 Å². The maximum Gasteiger partial charge on any atom is 0.337 e. The van der Waals surface area contributed by atoms with E-state index < -0.39 is 5.97 Å². The number of rotatable bonds is 4. The molecular weight excluding hydrogens is 382 g/mol. The number of hydrogen-bond acceptors (Lipinski definition) is 2. The van der Waals surface area contributed by atoms with Gasteiger partial charge in [-0.1, -0.05) is 37.6 Å². The second-order valence-electron chi connectivity index (χ2n) is 5.35. The fourth-order valence-electron chi connectivity index (χ4n) is 2.04. The summed E-state index contributed by atoms with van der Waals surface area (Å²) in [6.45, 7) is 4.14. The summed E-state index contributed by atoms with van der Waals surface area (Å²) in [5.41, 5.74) is 1.70. The van der Waals surface area contributed by atoms with E-state index in [1.165, 1.54) is 12.1 Å². The van der Waals surface area contributed by atoms with Crippen molar-refractivity contribution in [3.8, 4) is 0 Å². The van der Waals surface area contributed by atoms with Gasteiger partial charge in [-0.05, 0) is 51.7 Å². The molecule has 0 spiro atoms. The highest BCUT2D eigenvalue weighted by Gasteiger charge is 2.16. The van der Waals surface area contributed by atoms with Gasteiger partial charge in [0.15, 0.2) is 0 Å². The van der Waals surface area contributed by atoms with Gasteiger partial charge in [0, 0.05) is 10.0 Å². The zero-order valence-electron chi connectivity index (χ0n) is 12.6. The minimum atomic E-state index is -1.15. The van der Waals surface area contributed by atoms with E-state index >= 15 is 0 Å². The van der Waals surface area contributed by atoms with Crippen LogP contribution in [0.5, 0.6) is 0 Å². The Morgan fingerprint density at radius 2 is 1.78 bits per heavy atom. The highest BCUT2D eigenvalue weighted by molar-refractivity contribution is 9.10. The van der Waals surface area contributed by atoms with Crippen molar-refractivity contribution in [1.29, 1.82) is 0 Å². The fraction of sp³-hybridized carbons (Fsp3) is 0.176. The number of carbonyl (C=O) groups is 2. The van der Waals surface area contributed by atoms with Crippen LogP contribution in [0, 0.1) is 0 Å². The molecule has 0 bridgehead atoms. The number of anilines is 1. The zero-order valence-corrected chi connectivity index (χ0v) is 14.9. The van der Waals surface area contributed by atoms with Crippen LogP contribution in [0.4, 0.5) is 5.69 Å². The summed E-state index contributed by atoms with van der Waals surface area (Å²) in [4.78, 5) is 23.6. The van der Waals surface area contributed by atoms with Gasteiger partial charge in [0.2, 0.25) is 0 Å². The Hall–Kier alpha value is -1.85. The summed E-state index contributed by atoms with van der Waals surface area (Å²) in [7, 11) is 0. The zero-order chi connectivity index (χ0) is 17.1. The van der Waals surface area contributed by atoms with E-state index in [1.807, 2.05) is 12.1 Å². The van der Waals surface area contributed by atoms with Crippen LogP contribution in [-0.2, 0) is 0 Å². The first-order valence-electron chi connectivity index (χ1n) is 6.93. The number of hydrogen-bond donors (Lipinski definition) is 2. The maximum atomic E-state index is 12.3. The van der Waals surface area contributed by atoms with E-state index in [-0.39, 0.29) is 17.2 Å². The van der Waals surface area contributed by atoms with Gasteiger partial charge in [-0.15, -0.1) is 0 Å². The number of carboxylic acids is 1. The quantitative estimate of drug-likeness (QED) is 0.748. The minimum Gasteiger partial charge on any atom is -0.478 e. The summed E-state index contributed by atoms with van der Waals surface area (Å²) in [6.07, 6.45) is 0. The first-order chi connectivity index (χ1) is 10.8. The van der Waals surface area contributed by atoms with Crippen molar-refractivity contribution in [3.63, 3.8) is 0 Å². The van der Waals surface area contributed by atoms with Crippen LogP contribution in [0.3, 0.4) is 0 Å². The number of aromatic carboxylic acids is 1. The van der Waals surface area contributed by atoms with E-state index in [0.717, 1.165) is 5.56 Å². The standard InChI is InChI=1S/C17H15BrClNO3/c1-9(2)10-3-5-11(6-4-10)16(21)20-15-8-14(19)13(18)7-12(15)17(22)23/h3-9H,1-2H3,(H,20,21)(H,22,23). The van der Waals surface area contributed by atoms with Crippen molar-refractivity contribution in [2.45, 2.75) is 19.8 Å². The van der Waals surface area contributed by atoms with Crippen molar-refractivity contribution in [1.82, 2.24) is 0 Å². The summed E-state index contributed by atoms with van der Waals surface area (Å²) >= 11 is 9.16. The number of halogens is 2. The summed E-state index contributed by atoms with van der Waals surface area (Å²) in [5, 5.41) is 12.2. The van der Waals surface area contributed by atoms with Gasteiger partial charge >= 0.3 is 5.97 Å². The molecular formula is C17H15BrClNO3. The SMILES string of the molecule is CC(C)c1ccc(C(=O)Nc2cc(Cl)c(Br)cc2C(=O)O)cc1. The third-order valence-electron chi connectivity index (χ3n) is 3.38. The average molecular weight is 397 g/mol. The lowest BCUT2D eigenvalue weighted by molar-refractivity contribution is 0.0698. The van der Waals surface area contributed by atoms with Crippen molar-refractivity contribution >= 4 is 45.1 Å². The van der Waals surface area contributed by atoms with Gasteiger partial charge in [0.25, 0.3) is 5.91 Å². The number of nitrogens with one attached hydrogen (secondary N) is 1. The molecule has 0 unspecified atom stereocenters. The Morgan fingerprint density at radius 3 is 2.30 bits per heavy atom. The largest absolute Gasteiger partial charge is 0.478 e. The fourth-order valence-corrected chi connectivity index (χ4v) is 2.55. The van der Waals surface area contributed by atoms with Crippen LogP contribution in [0.2, 0.25) is 5.02 Å². The number of carboxylic acid groups (broad SMARTS) is 1. The predicted octanol–water partition coefficient (Wildman–Crippen LogP) is 5.18. The van der Waals surface area contributed by atoms with Gasteiger partial charge in [0.05, 0.1) is 16.3 Å². The molecule has 1 amide bonds. The lowest BCUT2D eigenvalue weighted by Gasteiger charge is -2.11. The van der Waals surface area contributed by atoms with E-state index in [4.69, 9.17) is 11.6 Å². The Balaban J connectivity index is 2.29. The molecule has 0 aliphatic heterocycles. The number of benzene rings is 2. The van der Waals surface area contributed by atoms with Crippen LogP contribution in [0.15, 0.2) is 40.9 Å². The van der Waals surface area contributed by atoms with Crippen molar-refractivity contribution < 1.29 is 14.7 Å². The van der Waals surface area contributed by atoms with E-state index in [1.54, 1.807) is 12.1 Å². The molecule has 4 nitrogen and oxygen atoms in total. The van der Waals surface area contributed by atoms with Gasteiger partial charge < -0.3 is 10.4 Å². The molecule has 120 valence electrons. The molecule has 2 aromatic rings. The van der Waals surface area contributed by atoms with Crippen LogP contribution in [0.25, 0.3) is 0 Å². The van der Waals surface area contributed by atoms with Crippen LogP contribution in [0.1, 0.15) is 46.0 Å². The van der Waals surface area contributed by atoms with Crippen LogP contribution >= 0.6 is 27.5 Å². The number of carbonyl (C=O) groups excluding carboxylic acids is 1. The van der Waals surface area contributed by atoms with Gasteiger partial charge in [-0.3, -0.25) is 4.79 Å². The highest BCUT2D eigenvalue weighted by Crippen LogP contribution is 2.30. The topological polar surface area (TPSA) is 66.4 Å². The molecule has 0 saturated heterocycles. The molecule has 23 heavy (non-hydrogen) atoms. The summed E-state index contributed by atoms with van der Waals surface area (Å²) in [5.74, 6) is -1.16. The Labute approximate surface area is 147 Å². The van der Waals surface area contributed by atoms with Gasteiger partial charge in [0.1, 0.15) is 0 Å². The smallest absolute Gasteiger partial charge is 0.337 e. The Bertz CT molecular complexity index is 757. The molecule has 0 saturated carbocycles. The number of amides is 1. The maximum absolute atomic E-state index is 12.3. The highest BCUT2D eigenvalue weighted by atomic mass is 79.9. The third kappa shape index (κ3) is 4.12. The van der Waals surface area contributed by atoms with Crippen molar-refractivity contribution in [2.24, 2.45) is 0 Å². The third-order valence-corrected chi connectivity index (χ3v) is 4.58. The molecule has 2 aromatic carbocycles. The first kappa shape index (κ1) is 17.5. The van der Waals surface area contributed by atoms with Gasteiger partial charge in [-0.25, -0.2) is 4.79 Å². The second kappa shape index (κ2) is 7.15. The van der Waals surface area contributed by atoms with Crippen LogP contribution < -0.4 is 5.32 Å². The average Bonchev–Trinajstić information content (AvgIpc) is 2.50. The van der Waals surface area contributed by atoms with Crippen molar-refractivity contribution in [3.05, 3.63) is 62.6 Å². The van der Waals surface area contributed by atoms with Crippen LogP contribution in [-0.4, -0.2) is 17.0 Å². The molecule has 0 aromatic heterocycles. The first-order valence-corrected chi connectivity index (χ1v) is 8.10. The monoisotopic (exact) mass is 395 g/mol. The molecule has 6 heteroatoms. The molecule has 2 N–H and O–H groups in total. The molecule has 0 heterocycles. The molecule has 0 fully saturated rings. The Morgan fingerprint density at radius 1 is 1.17 bits per heavy atom. The molecule has 0 radical (unpaired) electrons. The molecule has 0 atom stereocenters. The molecule has 0 aliphatic rings. The molecule has 2 rings (SSSR count). The normalized spacial score (nSPS) is 10.7. The summed E-state index contributed by atoms with van der Waals surface area (Å²) in [6, 6.07) is 9.97. The van der Waals surface area contributed by atoms with E-state index in [9.17, 15) is 14.7 Å². The van der Waals surface area contributed by atoms with E-state index in [2.05, 4.69) is 35.1 Å². The van der Waals surface area contributed by atoms with Gasteiger partial charge in [-0.2, -0.15) is 0 Å². The molecule has 0 aliphatic carbocycles. The second-order valence-corrected chi connectivity index (χ2v) is 6.61. The lowest BCUT2D eigenvalue weighted by atomic mass is 10.0. The predicted molar refractivity (Wildman–Crippen MR) is 94.6 cm³/mol. The lowest BCUT2D eigenvalue weighted by Crippen LogP contribution is -2.15. The Kier molecular flexibility index (Phi) is 5.44. The minimum absolute atomic E-state index is 0.0339.